The molecule has 3 aromatic heterocycles. The van der Waals surface area contributed by atoms with Crippen LogP contribution in [0, 0.1) is 13.8 Å². The van der Waals surface area contributed by atoms with Crippen LogP contribution in [0.15, 0.2) is 46.0 Å². The lowest BCUT2D eigenvalue weighted by atomic mass is 10.2. The zero-order valence-electron chi connectivity index (χ0n) is 17.2. The second-order valence-corrected chi connectivity index (χ2v) is 7.29. The van der Waals surface area contributed by atoms with Crippen molar-refractivity contribution < 1.29 is 4.74 Å². The maximum atomic E-state index is 13.3. The fourth-order valence-electron chi connectivity index (χ4n) is 3.76. The largest absolute Gasteiger partial charge is 0.495 e. The van der Waals surface area contributed by atoms with Crippen molar-refractivity contribution in [2.45, 2.75) is 27.3 Å². The highest BCUT2D eigenvalue weighted by atomic mass is 16.5. The number of hydrogen-bond acceptors (Lipinski definition) is 4. The lowest BCUT2D eigenvalue weighted by Crippen LogP contribution is -2.39. The standard InChI is InChI=1S/C21H23N5O3/c1-12(2)11-24-19(27)17-18(23(5)21(24)28)22-20-25(13(3)14(4)26(17)20)15-9-7-8-10-16(15)29-6/h7-10H,1,11H2,2-6H3. The maximum Gasteiger partial charge on any atom is 0.332 e. The predicted molar refractivity (Wildman–Crippen MR) is 112 cm³/mol. The van der Waals surface area contributed by atoms with Gasteiger partial charge in [0, 0.05) is 18.4 Å². The number of imidazole rings is 2. The Hall–Kier alpha value is -3.55. The molecule has 29 heavy (non-hydrogen) atoms. The molecule has 150 valence electrons. The molecule has 3 heterocycles. The highest BCUT2D eigenvalue weighted by Gasteiger charge is 2.24. The Morgan fingerprint density at radius 1 is 1.17 bits per heavy atom. The third-order valence-corrected chi connectivity index (χ3v) is 5.27. The van der Waals surface area contributed by atoms with Gasteiger partial charge in [-0.2, -0.15) is 4.98 Å². The van der Waals surface area contributed by atoms with Gasteiger partial charge in [0.1, 0.15) is 5.75 Å². The first-order valence-electron chi connectivity index (χ1n) is 9.25. The Bertz CT molecular complexity index is 1410. The number of methoxy groups -OCH3 is 1. The van der Waals surface area contributed by atoms with Crippen LogP contribution < -0.4 is 16.0 Å². The van der Waals surface area contributed by atoms with E-state index in [-0.39, 0.29) is 12.1 Å². The van der Waals surface area contributed by atoms with Crippen molar-refractivity contribution in [1.82, 2.24) is 23.1 Å². The molecule has 0 aliphatic rings. The molecule has 0 aliphatic heterocycles. The summed E-state index contributed by atoms with van der Waals surface area (Å²) < 4.78 is 11.9. The van der Waals surface area contributed by atoms with Crippen molar-refractivity contribution >= 4 is 16.9 Å². The number of hydrogen-bond donors (Lipinski definition) is 0. The molecule has 0 saturated carbocycles. The maximum absolute atomic E-state index is 13.3. The molecule has 4 aromatic rings. The fourth-order valence-corrected chi connectivity index (χ4v) is 3.76. The van der Waals surface area contributed by atoms with Crippen molar-refractivity contribution in [3.63, 3.8) is 0 Å². The van der Waals surface area contributed by atoms with Crippen LogP contribution in [0.1, 0.15) is 18.3 Å². The molecule has 8 heteroatoms. The normalized spacial score (nSPS) is 11.5. The van der Waals surface area contributed by atoms with Crippen molar-refractivity contribution in [2.75, 3.05) is 7.11 Å². The Kier molecular flexibility index (Phi) is 4.22. The summed E-state index contributed by atoms with van der Waals surface area (Å²) in [6.07, 6.45) is 0. The number of nitrogens with zero attached hydrogens (tertiary/aromatic N) is 5. The van der Waals surface area contributed by atoms with E-state index in [1.165, 1.54) is 9.13 Å². The lowest BCUT2D eigenvalue weighted by molar-refractivity contribution is 0.413. The SMILES string of the molecule is C=C(C)Cn1c(=O)c2c(nc3n(-c4ccccc4OC)c(C)c(C)n23)n(C)c1=O. The van der Waals surface area contributed by atoms with Crippen molar-refractivity contribution in [2.24, 2.45) is 7.05 Å². The van der Waals surface area contributed by atoms with E-state index in [2.05, 4.69) is 11.6 Å². The van der Waals surface area contributed by atoms with Crippen molar-refractivity contribution in [3.8, 4) is 11.4 Å². The number of benzene rings is 1. The van der Waals surface area contributed by atoms with Crippen LogP contribution in [0.3, 0.4) is 0 Å². The van der Waals surface area contributed by atoms with Gasteiger partial charge >= 0.3 is 5.69 Å². The number of aromatic nitrogens is 5. The molecule has 8 nitrogen and oxygen atoms in total. The minimum atomic E-state index is -0.413. The minimum Gasteiger partial charge on any atom is -0.495 e. The van der Waals surface area contributed by atoms with Gasteiger partial charge < -0.3 is 4.74 Å². The summed E-state index contributed by atoms with van der Waals surface area (Å²) in [5.41, 5.74) is 3.27. The predicted octanol–water partition coefficient (Wildman–Crippen LogP) is 2.34. The summed E-state index contributed by atoms with van der Waals surface area (Å²) in [6, 6.07) is 7.62. The highest BCUT2D eigenvalue weighted by Crippen LogP contribution is 2.29. The van der Waals surface area contributed by atoms with Gasteiger partial charge in [-0.05, 0) is 32.9 Å². The van der Waals surface area contributed by atoms with Gasteiger partial charge in [-0.3, -0.25) is 22.9 Å². The summed E-state index contributed by atoms with van der Waals surface area (Å²) in [4.78, 5) is 30.7. The Morgan fingerprint density at radius 2 is 1.86 bits per heavy atom. The van der Waals surface area contributed by atoms with E-state index in [1.54, 1.807) is 21.1 Å². The van der Waals surface area contributed by atoms with Crippen molar-refractivity contribution in [3.05, 3.63) is 68.6 Å². The van der Waals surface area contributed by atoms with Gasteiger partial charge in [0.25, 0.3) is 5.56 Å². The monoisotopic (exact) mass is 393 g/mol. The van der Waals surface area contributed by atoms with E-state index >= 15 is 0 Å². The molecule has 0 saturated heterocycles. The number of para-hydroxylation sites is 2. The molecule has 0 atom stereocenters. The first-order valence-corrected chi connectivity index (χ1v) is 9.25. The Morgan fingerprint density at radius 3 is 2.52 bits per heavy atom. The zero-order valence-corrected chi connectivity index (χ0v) is 17.2. The smallest absolute Gasteiger partial charge is 0.332 e. The van der Waals surface area contributed by atoms with E-state index < -0.39 is 5.69 Å². The molecule has 0 N–H and O–H groups in total. The van der Waals surface area contributed by atoms with E-state index in [0.29, 0.717) is 22.7 Å². The van der Waals surface area contributed by atoms with E-state index in [0.717, 1.165) is 22.6 Å². The van der Waals surface area contributed by atoms with Crippen LogP contribution in [-0.2, 0) is 13.6 Å². The number of aryl methyl sites for hydroxylation is 2. The third-order valence-electron chi connectivity index (χ3n) is 5.27. The molecular weight excluding hydrogens is 370 g/mol. The number of allylic oxidation sites excluding steroid dienone is 1. The Balaban J connectivity index is 2.20. The number of rotatable bonds is 4. The topological polar surface area (TPSA) is 75.5 Å². The zero-order chi connectivity index (χ0) is 21.0. The average molecular weight is 393 g/mol. The molecular formula is C21H23N5O3. The fraction of sp³-hybridized carbons (Fsp3) is 0.286. The average Bonchev–Trinajstić information content (AvgIpc) is 3.19. The van der Waals surface area contributed by atoms with Gasteiger partial charge in [-0.25, -0.2) is 4.79 Å². The molecule has 0 fully saturated rings. The molecule has 0 spiro atoms. The first kappa shape index (κ1) is 18.8. The summed E-state index contributed by atoms with van der Waals surface area (Å²) in [5.74, 6) is 1.24. The third kappa shape index (κ3) is 2.55. The second kappa shape index (κ2) is 6.51. The van der Waals surface area contributed by atoms with E-state index in [9.17, 15) is 9.59 Å². The van der Waals surface area contributed by atoms with Crippen LogP contribution >= 0.6 is 0 Å². The molecule has 0 unspecified atom stereocenters. The van der Waals surface area contributed by atoms with Crippen molar-refractivity contribution in [1.29, 1.82) is 0 Å². The van der Waals surface area contributed by atoms with Crippen LogP contribution in [0.5, 0.6) is 5.75 Å². The van der Waals surface area contributed by atoms with Gasteiger partial charge in [0.2, 0.25) is 5.78 Å². The van der Waals surface area contributed by atoms with Gasteiger partial charge in [-0.15, -0.1) is 0 Å². The van der Waals surface area contributed by atoms with E-state index in [1.807, 2.05) is 47.1 Å². The molecule has 0 aliphatic carbocycles. The summed E-state index contributed by atoms with van der Waals surface area (Å²) in [5, 5.41) is 0. The van der Waals surface area contributed by atoms with Crippen LogP contribution in [-0.4, -0.2) is 30.2 Å². The molecule has 1 aromatic carbocycles. The quantitative estimate of drug-likeness (QED) is 0.499. The summed E-state index contributed by atoms with van der Waals surface area (Å²) >= 11 is 0. The van der Waals surface area contributed by atoms with Crippen LogP contribution in [0.25, 0.3) is 22.6 Å². The van der Waals surface area contributed by atoms with Gasteiger partial charge in [-0.1, -0.05) is 24.3 Å². The number of ether oxygens (including phenoxy) is 1. The summed E-state index contributed by atoms with van der Waals surface area (Å²) in [7, 11) is 3.24. The van der Waals surface area contributed by atoms with Crippen LogP contribution in [0.2, 0.25) is 0 Å². The van der Waals surface area contributed by atoms with E-state index in [4.69, 9.17) is 4.74 Å². The van der Waals surface area contributed by atoms with Gasteiger partial charge in [0.05, 0.1) is 19.3 Å². The molecule has 0 bridgehead atoms. The second-order valence-electron chi connectivity index (χ2n) is 7.29. The number of fused-ring (bicyclic) bond motifs is 3. The van der Waals surface area contributed by atoms with Gasteiger partial charge in [0.15, 0.2) is 11.2 Å². The Labute approximate surface area is 166 Å². The minimum absolute atomic E-state index is 0.167. The molecule has 4 rings (SSSR count). The van der Waals surface area contributed by atoms with Crippen LogP contribution in [0.4, 0.5) is 0 Å². The molecule has 0 radical (unpaired) electrons. The lowest BCUT2D eigenvalue weighted by Gasteiger charge is -2.11. The molecule has 0 amide bonds. The summed E-state index contributed by atoms with van der Waals surface area (Å²) in [6.45, 7) is 9.69. The first-order chi connectivity index (χ1) is 13.8. The highest BCUT2D eigenvalue weighted by molar-refractivity contribution is 5.77.